The summed E-state index contributed by atoms with van der Waals surface area (Å²) in [4.78, 5) is 25.6. The summed E-state index contributed by atoms with van der Waals surface area (Å²) in [5.74, 6) is 6.32. The first-order valence-corrected chi connectivity index (χ1v) is 11.5. The van der Waals surface area contributed by atoms with Gasteiger partial charge in [-0.3, -0.25) is 10.6 Å². The minimum atomic E-state index is -0.101. The van der Waals surface area contributed by atoms with Gasteiger partial charge in [-0.1, -0.05) is 29.3 Å². The highest BCUT2D eigenvalue weighted by Crippen LogP contribution is 2.42. The summed E-state index contributed by atoms with van der Waals surface area (Å²) in [7, 11) is 0. The average molecular weight is 479 g/mol. The maximum absolute atomic E-state index is 13.3. The quantitative estimate of drug-likeness (QED) is 0.375. The zero-order valence-corrected chi connectivity index (χ0v) is 18.8. The van der Waals surface area contributed by atoms with Crippen molar-refractivity contribution >= 4 is 62.3 Å². The van der Waals surface area contributed by atoms with E-state index in [9.17, 15) is 4.79 Å². The molecule has 5 rings (SSSR count). The number of carbonyl (C=O) groups is 1. The molecule has 0 spiro atoms. The monoisotopic (exact) mass is 478 g/mol. The molecule has 8 nitrogen and oxygen atoms in total. The standard InChI is InChI=1S/C20H20Cl2N6O2S/c21-12-4-1-10(9-13(12)22)15-14-16(27-23)17(19(29)28-5-7-30-8-6-28)31-18(14)26-20(25-15)24-11-2-3-11/h1,4,9,11,27H,2-3,5-8,23H2,(H,24,25,26). The van der Waals surface area contributed by atoms with E-state index in [4.69, 9.17) is 38.8 Å². The molecule has 3 aromatic rings. The largest absolute Gasteiger partial charge is 0.378 e. The molecular weight excluding hydrogens is 459 g/mol. The van der Waals surface area contributed by atoms with Crippen LogP contribution in [0.15, 0.2) is 18.2 Å². The van der Waals surface area contributed by atoms with Crippen LogP contribution in [0.3, 0.4) is 0 Å². The van der Waals surface area contributed by atoms with Crippen LogP contribution in [0.1, 0.15) is 22.5 Å². The fraction of sp³-hybridized carbons (Fsp3) is 0.350. The molecule has 1 saturated carbocycles. The molecule has 1 aliphatic heterocycles. The van der Waals surface area contributed by atoms with Crippen LogP contribution >= 0.6 is 34.5 Å². The highest BCUT2D eigenvalue weighted by molar-refractivity contribution is 7.21. The predicted octanol–water partition coefficient (Wildman–Crippen LogP) is 4.00. The Morgan fingerprint density at radius 1 is 1.19 bits per heavy atom. The van der Waals surface area contributed by atoms with E-state index in [1.165, 1.54) is 11.3 Å². The first-order valence-electron chi connectivity index (χ1n) is 9.95. The molecule has 11 heteroatoms. The molecule has 0 bridgehead atoms. The van der Waals surface area contributed by atoms with Crippen LogP contribution in [-0.2, 0) is 4.74 Å². The van der Waals surface area contributed by atoms with Crippen molar-refractivity contribution in [3.8, 4) is 11.3 Å². The second-order valence-electron chi connectivity index (χ2n) is 7.48. The summed E-state index contributed by atoms with van der Waals surface area (Å²) in [5.41, 5.74) is 4.63. The minimum Gasteiger partial charge on any atom is -0.378 e. The topological polar surface area (TPSA) is 105 Å². The highest BCUT2D eigenvalue weighted by atomic mass is 35.5. The van der Waals surface area contributed by atoms with E-state index >= 15 is 0 Å². The van der Waals surface area contributed by atoms with Crippen LogP contribution in [0, 0.1) is 0 Å². The summed E-state index contributed by atoms with van der Waals surface area (Å²) >= 11 is 13.7. The van der Waals surface area contributed by atoms with Crippen LogP contribution in [0.5, 0.6) is 0 Å². The van der Waals surface area contributed by atoms with Crippen molar-refractivity contribution in [1.82, 2.24) is 14.9 Å². The first kappa shape index (κ1) is 20.7. The van der Waals surface area contributed by atoms with E-state index in [0.717, 1.165) is 18.4 Å². The number of hydrogen-bond acceptors (Lipinski definition) is 8. The van der Waals surface area contributed by atoms with E-state index in [1.54, 1.807) is 17.0 Å². The SMILES string of the molecule is NNc1c(C(=O)N2CCOCC2)sc2nc(NC3CC3)nc(-c3ccc(Cl)c(Cl)c3)c12. The van der Waals surface area contributed by atoms with Gasteiger partial charge in [-0.25, -0.2) is 9.97 Å². The van der Waals surface area contributed by atoms with Gasteiger partial charge in [0.2, 0.25) is 5.95 Å². The molecule has 2 aliphatic rings. The van der Waals surface area contributed by atoms with Gasteiger partial charge < -0.3 is 20.4 Å². The molecule has 2 aromatic heterocycles. The second-order valence-corrected chi connectivity index (χ2v) is 9.29. The number of anilines is 2. The smallest absolute Gasteiger partial charge is 0.266 e. The third-order valence-corrected chi connectivity index (χ3v) is 7.10. The Bertz CT molecular complexity index is 1160. The lowest BCUT2D eigenvalue weighted by atomic mass is 10.1. The molecule has 1 saturated heterocycles. The number of nitrogens with zero attached hydrogens (tertiary/aromatic N) is 3. The fourth-order valence-corrected chi connectivity index (χ4v) is 4.93. The van der Waals surface area contributed by atoms with Crippen LogP contribution in [0.4, 0.5) is 11.6 Å². The number of nitrogens with two attached hydrogens (primary N) is 1. The number of amides is 1. The number of aromatic nitrogens is 2. The molecule has 0 atom stereocenters. The van der Waals surface area contributed by atoms with Crippen LogP contribution in [0.2, 0.25) is 10.0 Å². The van der Waals surface area contributed by atoms with Crippen molar-refractivity contribution in [2.45, 2.75) is 18.9 Å². The van der Waals surface area contributed by atoms with E-state index in [0.29, 0.717) is 74.8 Å². The number of thiophene rings is 1. The van der Waals surface area contributed by atoms with Crippen molar-refractivity contribution in [1.29, 1.82) is 0 Å². The van der Waals surface area contributed by atoms with Crippen molar-refractivity contribution in [2.75, 3.05) is 37.0 Å². The van der Waals surface area contributed by atoms with Gasteiger partial charge in [0.05, 0.1) is 40.0 Å². The normalized spacial score (nSPS) is 16.5. The molecule has 2 fully saturated rings. The van der Waals surface area contributed by atoms with Gasteiger partial charge in [0, 0.05) is 24.7 Å². The first-order chi connectivity index (χ1) is 15.0. The Hall–Kier alpha value is -2.17. The Morgan fingerprint density at radius 2 is 1.97 bits per heavy atom. The Balaban J connectivity index is 1.68. The minimum absolute atomic E-state index is 0.101. The number of ether oxygens (including phenoxy) is 1. The lowest BCUT2D eigenvalue weighted by Gasteiger charge is -2.26. The number of hydrazine groups is 1. The summed E-state index contributed by atoms with van der Waals surface area (Å²) in [6.07, 6.45) is 2.18. The molecule has 0 unspecified atom stereocenters. The molecule has 1 aliphatic carbocycles. The third-order valence-electron chi connectivity index (χ3n) is 5.29. The number of nitrogens with one attached hydrogen (secondary N) is 2. The molecular formula is C20H20Cl2N6O2S. The molecule has 1 amide bonds. The average Bonchev–Trinajstić information content (AvgIpc) is 3.52. The predicted molar refractivity (Wildman–Crippen MR) is 124 cm³/mol. The Labute approximate surface area is 192 Å². The van der Waals surface area contributed by atoms with Crippen LogP contribution in [-0.4, -0.2) is 53.1 Å². The van der Waals surface area contributed by atoms with Crippen LogP contribution in [0.25, 0.3) is 21.5 Å². The number of rotatable bonds is 5. The molecule has 31 heavy (non-hydrogen) atoms. The molecule has 162 valence electrons. The van der Waals surface area contributed by atoms with E-state index < -0.39 is 0 Å². The van der Waals surface area contributed by atoms with Gasteiger partial charge in [-0.2, -0.15) is 0 Å². The van der Waals surface area contributed by atoms with Crippen molar-refractivity contribution < 1.29 is 9.53 Å². The molecule has 3 heterocycles. The summed E-state index contributed by atoms with van der Waals surface area (Å²) < 4.78 is 5.37. The number of fused-ring (bicyclic) bond motifs is 1. The van der Waals surface area contributed by atoms with Crippen molar-refractivity contribution in [3.63, 3.8) is 0 Å². The number of halogens is 2. The lowest BCUT2D eigenvalue weighted by molar-refractivity contribution is 0.0307. The number of benzene rings is 1. The van der Waals surface area contributed by atoms with Crippen LogP contribution < -0.4 is 16.6 Å². The zero-order chi connectivity index (χ0) is 21.5. The van der Waals surface area contributed by atoms with Gasteiger partial charge in [-0.05, 0) is 25.0 Å². The summed E-state index contributed by atoms with van der Waals surface area (Å²) in [6, 6.07) is 5.70. The van der Waals surface area contributed by atoms with Crippen molar-refractivity contribution in [3.05, 3.63) is 33.1 Å². The van der Waals surface area contributed by atoms with E-state index in [1.807, 2.05) is 6.07 Å². The lowest BCUT2D eigenvalue weighted by Crippen LogP contribution is -2.40. The van der Waals surface area contributed by atoms with Crippen molar-refractivity contribution in [2.24, 2.45) is 5.84 Å². The maximum atomic E-state index is 13.3. The Kier molecular flexibility index (Phi) is 5.61. The molecule has 1 aromatic carbocycles. The summed E-state index contributed by atoms with van der Waals surface area (Å²) in [5, 5.41) is 4.91. The zero-order valence-electron chi connectivity index (χ0n) is 16.5. The van der Waals surface area contributed by atoms with E-state index in [-0.39, 0.29) is 5.91 Å². The van der Waals surface area contributed by atoms with Gasteiger partial charge in [0.1, 0.15) is 9.71 Å². The second kappa shape index (κ2) is 8.40. The number of nitrogen functional groups attached to an aromatic ring is 1. The summed E-state index contributed by atoms with van der Waals surface area (Å²) in [6.45, 7) is 2.12. The number of hydrogen-bond donors (Lipinski definition) is 3. The van der Waals surface area contributed by atoms with Gasteiger partial charge in [0.15, 0.2) is 0 Å². The third kappa shape index (κ3) is 4.04. The van der Waals surface area contributed by atoms with E-state index in [2.05, 4.69) is 15.7 Å². The molecule has 4 N–H and O–H groups in total. The number of morpholine rings is 1. The maximum Gasteiger partial charge on any atom is 0.266 e. The highest BCUT2D eigenvalue weighted by Gasteiger charge is 2.29. The number of carbonyl (C=O) groups excluding carboxylic acids is 1. The van der Waals surface area contributed by atoms with Gasteiger partial charge in [0.25, 0.3) is 5.91 Å². The van der Waals surface area contributed by atoms with Gasteiger partial charge in [-0.15, -0.1) is 11.3 Å². The van der Waals surface area contributed by atoms with Gasteiger partial charge >= 0.3 is 0 Å². The Morgan fingerprint density at radius 3 is 2.65 bits per heavy atom. The fourth-order valence-electron chi connectivity index (χ4n) is 3.53. The molecule has 0 radical (unpaired) electrons.